The van der Waals surface area contributed by atoms with Gasteiger partial charge in [-0.3, -0.25) is 0 Å². The van der Waals surface area contributed by atoms with Crippen molar-refractivity contribution in [2.75, 3.05) is 23.7 Å². The molecule has 2 nitrogen and oxygen atoms in total. The van der Waals surface area contributed by atoms with E-state index < -0.39 is 11.6 Å². The maximum Gasteiger partial charge on any atom is 0.184 e. The molecule has 0 saturated carbocycles. The molecule has 90 valence electrons. The van der Waals surface area contributed by atoms with Gasteiger partial charge in [-0.25, -0.2) is 8.78 Å². The monoisotopic (exact) mass is 228 g/mol. The van der Waals surface area contributed by atoms with Gasteiger partial charge in [-0.05, 0) is 25.0 Å². The van der Waals surface area contributed by atoms with E-state index in [1.54, 1.807) is 4.90 Å². The van der Waals surface area contributed by atoms with Gasteiger partial charge in [-0.2, -0.15) is 0 Å². The minimum absolute atomic E-state index is 0.198. The van der Waals surface area contributed by atoms with Gasteiger partial charge in [0.2, 0.25) is 0 Å². The second-order valence-electron chi connectivity index (χ2n) is 3.79. The zero-order valence-electron chi connectivity index (χ0n) is 9.76. The Hall–Kier alpha value is -1.32. The molecule has 0 radical (unpaired) electrons. The molecule has 0 aliphatic carbocycles. The first-order valence-electron chi connectivity index (χ1n) is 5.60. The molecule has 0 unspecified atom stereocenters. The van der Waals surface area contributed by atoms with Crippen LogP contribution in [-0.4, -0.2) is 13.1 Å². The molecule has 0 fully saturated rings. The number of halogens is 2. The Morgan fingerprint density at radius 1 is 1.12 bits per heavy atom. The first kappa shape index (κ1) is 12.7. The summed E-state index contributed by atoms with van der Waals surface area (Å²) in [4.78, 5) is 1.80. The van der Waals surface area contributed by atoms with E-state index in [1.807, 2.05) is 13.8 Å². The highest BCUT2D eigenvalue weighted by atomic mass is 19.2. The first-order chi connectivity index (χ1) is 7.61. The summed E-state index contributed by atoms with van der Waals surface area (Å²) < 4.78 is 26.8. The number of hydrogen-bond donors (Lipinski definition) is 1. The van der Waals surface area contributed by atoms with Crippen molar-refractivity contribution in [1.29, 1.82) is 0 Å². The van der Waals surface area contributed by atoms with Crippen LogP contribution in [-0.2, 0) is 0 Å². The van der Waals surface area contributed by atoms with Crippen molar-refractivity contribution in [2.24, 2.45) is 0 Å². The molecule has 16 heavy (non-hydrogen) atoms. The lowest BCUT2D eigenvalue weighted by Gasteiger charge is -2.25. The summed E-state index contributed by atoms with van der Waals surface area (Å²) in [5.41, 5.74) is 6.19. The van der Waals surface area contributed by atoms with Crippen molar-refractivity contribution in [3.05, 3.63) is 23.8 Å². The number of nitrogens with two attached hydrogens (primary N) is 1. The van der Waals surface area contributed by atoms with Crippen molar-refractivity contribution >= 4 is 11.4 Å². The molecule has 0 aliphatic rings. The largest absolute Gasteiger partial charge is 0.397 e. The van der Waals surface area contributed by atoms with E-state index in [2.05, 4.69) is 0 Å². The van der Waals surface area contributed by atoms with Crippen LogP contribution < -0.4 is 10.6 Å². The van der Waals surface area contributed by atoms with Gasteiger partial charge in [-0.1, -0.05) is 13.8 Å². The lowest BCUT2D eigenvalue weighted by Crippen LogP contribution is -2.27. The predicted octanol–water partition coefficient (Wildman–Crippen LogP) is 3.17. The number of hydrogen-bond acceptors (Lipinski definition) is 2. The summed E-state index contributed by atoms with van der Waals surface area (Å²) in [7, 11) is 0. The Labute approximate surface area is 95.1 Å². The number of benzene rings is 1. The molecule has 0 aromatic heterocycles. The van der Waals surface area contributed by atoms with E-state index in [0.717, 1.165) is 18.9 Å². The molecule has 2 N–H and O–H groups in total. The van der Waals surface area contributed by atoms with E-state index in [1.165, 1.54) is 6.07 Å². The topological polar surface area (TPSA) is 29.3 Å². The van der Waals surface area contributed by atoms with Crippen molar-refractivity contribution in [3.63, 3.8) is 0 Å². The molecular weight excluding hydrogens is 210 g/mol. The van der Waals surface area contributed by atoms with Crippen LogP contribution in [0.2, 0.25) is 0 Å². The molecule has 0 spiro atoms. The second-order valence-corrected chi connectivity index (χ2v) is 3.79. The van der Waals surface area contributed by atoms with E-state index in [9.17, 15) is 8.78 Å². The molecule has 1 rings (SSSR count). The lowest BCUT2D eigenvalue weighted by molar-refractivity contribution is 0.506. The lowest BCUT2D eigenvalue weighted by atomic mass is 10.2. The SMILES string of the molecule is CCCN(CCC)c1c(N)ccc(F)c1F. The van der Waals surface area contributed by atoms with Crippen molar-refractivity contribution in [2.45, 2.75) is 26.7 Å². The summed E-state index contributed by atoms with van der Waals surface area (Å²) in [5, 5.41) is 0. The fraction of sp³-hybridized carbons (Fsp3) is 0.500. The Balaban J connectivity index is 3.11. The fourth-order valence-corrected chi connectivity index (χ4v) is 1.75. The Kier molecular flexibility index (Phi) is 4.52. The van der Waals surface area contributed by atoms with Crippen LogP contribution in [0.1, 0.15) is 26.7 Å². The van der Waals surface area contributed by atoms with Crippen molar-refractivity contribution in [1.82, 2.24) is 0 Å². The van der Waals surface area contributed by atoms with Crippen LogP contribution in [0.15, 0.2) is 12.1 Å². The summed E-state index contributed by atoms with van der Waals surface area (Å²) >= 11 is 0. The highest BCUT2D eigenvalue weighted by molar-refractivity contribution is 5.68. The molecule has 0 atom stereocenters. The second kappa shape index (κ2) is 5.68. The number of nitrogens with zero attached hydrogens (tertiary/aromatic N) is 1. The van der Waals surface area contributed by atoms with Crippen molar-refractivity contribution < 1.29 is 8.78 Å². The minimum atomic E-state index is -0.846. The molecule has 1 aromatic rings. The molecule has 0 saturated heterocycles. The van der Waals surface area contributed by atoms with Crippen molar-refractivity contribution in [3.8, 4) is 0 Å². The van der Waals surface area contributed by atoms with Crippen LogP contribution in [0.5, 0.6) is 0 Å². The average molecular weight is 228 g/mol. The van der Waals surface area contributed by atoms with E-state index >= 15 is 0 Å². The maximum absolute atomic E-state index is 13.7. The normalized spacial score (nSPS) is 10.5. The Morgan fingerprint density at radius 2 is 1.69 bits per heavy atom. The molecule has 1 aromatic carbocycles. The summed E-state index contributed by atoms with van der Waals surface area (Å²) in [5.74, 6) is -1.69. The quantitative estimate of drug-likeness (QED) is 0.784. The Bertz CT molecular complexity index is 347. The van der Waals surface area contributed by atoms with Gasteiger partial charge in [0.25, 0.3) is 0 Å². The number of nitrogen functional groups attached to an aromatic ring is 1. The summed E-state index contributed by atoms with van der Waals surface area (Å²) in [6.07, 6.45) is 1.74. The van der Waals surface area contributed by atoms with Gasteiger partial charge < -0.3 is 10.6 Å². The minimum Gasteiger partial charge on any atom is -0.397 e. The standard InChI is InChI=1S/C12H18F2N2/c1-3-7-16(8-4-2)12-10(15)6-5-9(13)11(12)14/h5-6H,3-4,7-8,15H2,1-2H3. The van der Waals surface area contributed by atoms with Crippen LogP contribution in [0.3, 0.4) is 0 Å². The number of anilines is 2. The smallest absolute Gasteiger partial charge is 0.184 e. The van der Waals surface area contributed by atoms with Gasteiger partial charge in [0, 0.05) is 13.1 Å². The first-order valence-corrected chi connectivity index (χ1v) is 5.60. The Morgan fingerprint density at radius 3 is 2.19 bits per heavy atom. The van der Waals surface area contributed by atoms with Crippen LogP contribution in [0.25, 0.3) is 0 Å². The molecule has 0 heterocycles. The molecule has 0 bridgehead atoms. The highest BCUT2D eigenvalue weighted by Gasteiger charge is 2.17. The van der Waals surface area contributed by atoms with Crippen LogP contribution in [0, 0.1) is 11.6 Å². The third-order valence-corrected chi connectivity index (χ3v) is 2.40. The summed E-state index contributed by atoms with van der Waals surface area (Å²) in [6.45, 7) is 5.35. The van der Waals surface area contributed by atoms with Crippen LogP contribution >= 0.6 is 0 Å². The average Bonchev–Trinajstić information content (AvgIpc) is 2.25. The maximum atomic E-state index is 13.7. The van der Waals surface area contributed by atoms with Gasteiger partial charge in [-0.15, -0.1) is 0 Å². The zero-order valence-corrected chi connectivity index (χ0v) is 9.76. The molecule has 0 aliphatic heterocycles. The predicted molar refractivity (Wildman–Crippen MR) is 63.6 cm³/mol. The molecular formula is C12H18F2N2. The van der Waals surface area contributed by atoms with Gasteiger partial charge >= 0.3 is 0 Å². The van der Waals surface area contributed by atoms with E-state index in [0.29, 0.717) is 18.8 Å². The highest BCUT2D eigenvalue weighted by Crippen LogP contribution is 2.28. The summed E-state index contributed by atoms with van der Waals surface area (Å²) in [6, 6.07) is 2.47. The van der Waals surface area contributed by atoms with Crippen LogP contribution in [0.4, 0.5) is 20.2 Å². The molecule has 0 amide bonds. The fourth-order valence-electron chi connectivity index (χ4n) is 1.75. The number of rotatable bonds is 5. The van der Waals surface area contributed by atoms with Gasteiger partial charge in [0.05, 0.1) is 11.4 Å². The van der Waals surface area contributed by atoms with Gasteiger partial charge in [0.15, 0.2) is 11.6 Å². The van der Waals surface area contributed by atoms with E-state index in [-0.39, 0.29) is 5.69 Å². The van der Waals surface area contributed by atoms with Gasteiger partial charge in [0.1, 0.15) is 0 Å². The van der Waals surface area contributed by atoms with E-state index in [4.69, 9.17) is 5.73 Å². The molecule has 4 heteroatoms. The third-order valence-electron chi connectivity index (χ3n) is 2.40. The third kappa shape index (κ3) is 2.62. The zero-order chi connectivity index (χ0) is 12.1.